The smallest absolute Gasteiger partial charge is 0.214 e. The van der Waals surface area contributed by atoms with E-state index in [2.05, 4.69) is 42.7 Å². The highest BCUT2D eigenvalue weighted by Crippen LogP contribution is 2.56. The number of aromatic nitrogens is 4. The number of hydrogen-bond acceptors (Lipinski definition) is 5. The van der Waals surface area contributed by atoms with E-state index in [4.69, 9.17) is 11.6 Å². The molecule has 0 radical (unpaired) electrons. The van der Waals surface area contributed by atoms with Crippen molar-refractivity contribution in [3.8, 4) is 5.69 Å². The molecule has 6 nitrogen and oxygen atoms in total. The van der Waals surface area contributed by atoms with E-state index in [0.29, 0.717) is 5.92 Å². The van der Waals surface area contributed by atoms with Gasteiger partial charge >= 0.3 is 0 Å². The summed E-state index contributed by atoms with van der Waals surface area (Å²) in [6, 6.07) is 11.1. The molecule has 1 saturated heterocycles. The van der Waals surface area contributed by atoms with E-state index in [1.54, 1.807) is 6.07 Å². The second kappa shape index (κ2) is 6.49. The Bertz CT molecular complexity index is 1130. The Labute approximate surface area is 179 Å². The van der Waals surface area contributed by atoms with Crippen LogP contribution in [-0.4, -0.2) is 44.8 Å². The van der Waals surface area contributed by atoms with Crippen molar-refractivity contribution in [3.05, 3.63) is 64.6 Å². The zero-order valence-electron chi connectivity index (χ0n) is 16.7. The Morgan fingerprint density at radius 2 is 1.93 bits per heavy atom. The molecule has 1 spiro atoms. The minimum atomic E-state index is -0.421. The van der Waals surface area contributed by atoms with Crippen LogP contribution in [0.25, 0.3) is 5.69 Å². The Morgan fingerprint density at radius 1 is 1.10 bits per heavy atom. The number of anilines is 1. The van der Waals surface area contributed by atoms with Crippen molar-refractivity contribution in [1.29, 1.82) is 0 Å². The van der Waals surface area contributed by atoms with Crippen LogP contribution in [0.2, 0.25) is 5.02 Å². The number of fused-ring (bicyclic) bond motifs is 3. The van der Waals surface area contributed by atoms with Crippen molar-refractivity contribution in [2.24, 2.45) is 5.41 Å². The van der Waals surface area contributed by atoms with E-state index in [0.717, 1.165) is 67.2 Å². The molecule has 1 aliphatic carbocycles. The standard InChI is InChI=1S/C22H22ClFN6/c1-28-10-14-7-16(23)5-6-17(14)30-20(11-28)26-27-21(30)15-8-22(9-15)12-29(13-22)19-4-2-3-18(24)25-19/h2-7,15H,8-13H2,1H3. The van der Waals surface area contributed by atoms with Crippen LogP contribution in [0.4, 0.5) is 10.2 Å². The first kappa shape index (κ1) is 18.3. The maximum atomic E-state index is 13.4. The third-order valence-corrected chi connectivity index (χ3v) is 6.93. The van der Waals surface area contributed by atoms with Crippen LogP contribution in [-0.2, 0) is 13.1 Å². The molecule has 3 aliphatic rings. The Kier molecular flexibility index (Phi) is 3.95. The first-order chi connectivity index (χ1) is 14.5. The third kappa shape index (κ3) is 2.83. The van der Waals surface area contributed by atoms with E-state index in [-0.39, 0.29) is 5.41 Å². The van der Waals surface area contributed by atoms with Crippen LogP contribution in [0.5, 0.6) is 0 Å². The lowest BCUT2D eigenvalue weighted by Gasteiger charge is -2.59. The first-order valence-corrected chi connectivity index (χ1v) is 10.7. The molecular weight excluding hydrogens is 403 g/mol. The topological polar surface area (TPSA) is 50.1 Å². The Morgan fingerprint density at radius 3 is 2.73 bits per heavy atom. The monoisotopic (exact) mass is 424 g/mol. The minimum Gasteiger partial charge on any atom is -0.355 e. The van der Waals surface area contributed by atoms with Gasteiger partial charge in [-0.2, -0.15) is 4.39 Å². The molecule has 3 aromatic rings. The van der Waals surface area contributed by atoms with Gasteiger partial charge in [0.1, 0.15) is 11.6 Å². The molecule has 154 valence electrons. The van der Waals surface area contributed by atoms with Crippen molar-refractivity contribution < 1.29 is 4.39 Å². The van der Waals surface area contributed by atoms with Crippen molar-refractivity contribution >= 4 is 17.4 Å². The second-order valence-corrected chi connectivity index (χ2v) is 9.47. The average Bonchev–Trinajstić information content (AvgIpc) is 2.96. The summed E-state index contributed by atoms with van der Waals surface area (Å²) >= 11 is 6.26. The van der Waals surface area contributed by atoms with Gasteiger partial charge in [0.15, 0.2) is 5.82 Å². The van der Waals surface area contributed by atoms with Crippen molar-refractivity contribution in [3.63, 3.8) is 0 Å². The van der Waals surface area contributed by atoms with Crippen molar-refractivity contribution in [2.75, 3.05) is 25.0 Å². The normalized spacial score (nSPS) is 20.3. The summed E-state index contributed by atoms with van der Waals surface area (Å²) in [5.74, 6) is 2.73. The van der Waals surface area contributed by atoms with E-state index >= 15 is 0 Å². The fraction of sp³-hybridized carbons (Fsp3) is 0.409. The fourth-order valence-electron chi connectivity index (χ4n) is 5.37. The molecule has 1 saturated carbocycles. The molecule has 1 aromatic carbocycles. The number of benzene rings is 1. The lowest BCUT2D eigenvalue weighted by atomic mass is 9.57. The van der Waals surface area contributed by atoms with Gasteiger partial charge in [0.05, 0.1) is 12.2 Å². The number of pyridine rings is 1. The SMILES string of the molecule is CN1Cc2cc(Cl)ccc2-n2c(nnc2C2CC3(C2)CN(c2cccc(F)n2)C3)C1. The van der Waals surface area contributed by atoms with E-state index < -0.39 is 5.95 Å². The van der Waals surface area contributed by atoms with Crippen LogP contribution in [0.1, 0.15) is 36.0 Å². The van der Waals surface area contributed by atoms with Crippen LogP contribution in [0.3, 0.4) is 0 Å². The molecule has 8 heteroatoms. The molecular formula is C22H22ClFN6. The number of halogens is 2. The molecule has 2 fully saturated rings. The van der Waals surface area contributed by atoms with Crippen LogP contribution in [0, 0.1) is 11.4 Å². The van der Waals surface area contributed by atoms with E-state index in [1.165, 1.54) is 11.6 Å². The fourth-order valence-corrected chi connectivity index (χ4v) is 5.57. The largest absolute Gasteiger partial charge is 0.355 e. The van der Waals surface area contributed by atoms with Gasteiger partial charge in [0.25, 0.3) is 0 Å². The lowest BCUT2D eigenvalue weighted by molar-refractivity contribution is 0.0580. The maximum absolute atomic E-state index is 13.4. The molecule has 2 aliphatic heterocycles. The lowest BCUT2D eigenvalue weighted by Crippen LogP contribution is -2.62. The summed E-state index contributed by atoms with van der Waals surface area (Å²) in [4.78, 5) is 8.42. The van der Waals surface area contributed by atoms with Gasteiger partial charge < -0.3 is 4.90 Å². The summed E-state index contributed by atoms with van der Waals surface area (Å²) in [6.07, 6.45) is 2.16. The average molecular weight is 425 g/mol. The summed E-state index contributed by atoms with van der Waals surface area (Å²) in [7, 11) is 2.09. The minimum absolute atomic E-state index is 0.287. The van der Waals surface area contributed by atoms with Crippen LogP contribution < -0.4 is 4.90 Å². The van der Waals surface area contributed by atoms with Gasteiger partial charge in [-0.25, -0.2) is 4.98 Å². The molecule has 0 unspecified atom stereocenters. The molecule has 4 heterocycles. The second-order valence-electron chi connectivity index (χ2n) is 9.03. The van der Waals surface area contributed by atoms with Crippen molar-refractivity contribution in [1.82, 2.24) is 24.6 Å². The van der Waals surface area contributed by atoms with Crippen LogP contribution in [0.15, 0.2) is 36.4 Å². The summed E-state index contributed by atoms with van der Waals surface area (Å²) in [5, 5.41) is 9.89. The number of nitrogens with zero attached hydrogens (tertiary/aromatic N) is 6. The number of hydrogen-bond donors (Lipinski definition) is 0. The van der Waals surface area contributed by atoms with Gasteiger partial charge in [0.2, 0.25) is 5.95 Å². The zero-order chi connectivity index (χ0) is 20.5. The highest BCUT2D eigenvalue weighted by atomic mass is 35.5. The van der Waals surface area contributed by atoms with Crippen LogP contribution >= 0.6 is 11.6 Å². The molecule has 0 atom stereocenters. The van der Waals surface area contributed by atoms with E-state index in [1.807, 2.05) is 18.2 Å². The molecule has 0 amide bonds. The van der Waals surface area contributed by atoms with Crippen molar-refractivity contribution in [2.45, 2.75) is 31.8 Å². The zero-order valence-corrected chi connectivity index (χ0v) is 17.5. The molecule has 0 N–H and O–H groups in total. The van der Waals surface area contributed by atoms with Gasteiger partial charge in [-0.1, -0.05) is 17.7 Å². The Hall–Kier alpha value is -2.51. The number of rotatable bonds is 2. The summed E-state index contributed by atoms with van der Waals surface area (Å²) < 4.78 is 15.7. The molecule has 6 rings (SSSR count). The molecule has 0 bridgehead atoms. The molecule has 30 heavy (non-hydrogen) atoms. The van der Waals surface area contributed by atoms with Gasteiger partial charge in [-0.3, -0.25) is 9.47 Å². The predicted molar refractivity (Wildman–Crippen MR) is 112 cm³/mol. The van der Waals surface area contributed by atoms with Gasteiger partial charge in [-0.05, 0) is 55.8 Å². The summed E-state index contributed by atoms with van der Waals surface area (Å²) in [5.41, 5.74) is 2.62. The molecule has 2 aromatic heterocycles. The summed E-state index contributed by atoms with van der Waals surface area (Å²) in [6.45, 7) is 3.45. The third-order valence-electron chi connectivity index (χ3n) is 6.69. The highest BCUT2D eigenvalue weighted by Gasteiger charge is 2.54. The first-order valence-electron chi connectivity index (χ1n) is 10.3. The van der Waals surface area contributed by atoms with Gasteiger partial charge in [-0.15, -0.1) is 10.2 Å². The van der Waals surface area contributed by atoms with Gasteiger partial charge in [0, 0.05) is 36.0 Å². The maximum Gasteiger partial charge on any atom is 0.214 e. The predicted octanol–water partition coefficient (Wildman–Crippen LogP) is 3.78. The highest BCUT2D eigenvalue weighted by molar-refractivity contribution is 6.30. The Balaban J connectivity index is 1.24. The van der Waals surface area contributed by atoms with E-state index in [9.17, 15) is 4.39 Å². The quantitative estimate of drug-likeness (QED) is 0.586.